The molecule has 0 radical (unpaired) electrons. The number of aliphatic hydroxyl groups is 1. The van der Waals surface area contributed by atoms with Gasteiger partial charge in [-0.1, -0.05) is 94.8 Å². The van der Waals surface area contributed by atoms with Gasteiger partial charge < -0.3 is 20.5 Å². The predicted molar refractivity (Wildman–Crippen MR) is 196 cm³/mol. The fourth-order valence-electron chi connectivity index (χ4n) is 6.04. The van der Waals surface area contributed by atoms with E-state index in [0.29, 0.717) is 0 Å². The zero-order chi connectivity index (χ0) is 36.7. The van der Waals surface area contributed by atoms with Crippen molar-refractivity contribution in [2.75, 3.05) is 26.7 Å². The fraction of sp³-hybridized carbons (Fsp3) is 0.487. The van der Waals surface area contributed by atoms with Crippen molar-refractivity contribution in [3.63, 3.8) is 0 Å². The molecule has 4 rings (SSSR count). The van der Waals surface area contributed by atoms with Crippen molar-refractivity contribution in [3.05, 3.63) is 95.6 Å². The van der Waals surface area contributed by atoms with E-state index in [1.54, 1.807) is 31.4 Å². The first-order chi connectivity index (χ1) is 23.5. The number of amides is 2. The highest BCUT2D eigenvalue weighted by molar-refractivity contribution is 7.89. The number of aryl methyl sites for hydroxylation is 1. The van der Waals surface area contributed by atoms with E-state index in [1.807, 2.05) is 96.1 Å². The number of benzene rings is 3. The van der Waals surface area contributed by atoms with Crippen LogP contribution in [0.25, 0.3) is 0 Å². The number of sulfonamides is 1. The van der Waals surface area contributed by atoms with Gasteiger partial charge in [0.25, 0.3) is 0 Å². The number of nitrogens with one attached hydrogen (secondary N) is 3. The Morgan fingerprint density at radius 3 is 2.18 bits per heavy atom. The lowest BCUT2D eigenvalue weighted by molar-refractivity contribution is -0.132. The maximum absolute atomic E-state index is 14.0. The summed E-state index contributed by atoms with van der Waals surface area (Å²) in [5.74, 6) is -0.0625. The van der Waals surface area contributed by atoms with Gasteiger partial charge in [-0.15, -0.1) is 0 Å². The van der Waals surface area contributed by atoms with Crippen molar-refractivity contribution in [3.8, 4) is 5.75 Å². The fourth-order valence-corrected chi connectivity index (χ4v) is 7.66. The number of aliphatic hydroxyl groups excluding tert-OH is 1. The van der Waals surface area contributed by atoms with Crippen LogP contribution >= 0.6 is 0 Å². The van der Waals surface area contributed by atoms with Crippen molar-refractivity contribution in [2.24, 2.45) is 11.3 Å². The van der Waals surface area contributed by atoms with Gasteiger partial charge in [-0.2, -0.15) is 4.31 Å². The van der Waals surface area contributed by atoms with Gasteiger partial charge in [0.1, 0.15) is 11.8 Å². The van der Waals surface area contributed by atoms with Gasteiger partial charge in [0.2, 0.25) is 21.8 Å². The molecule has 3 aromatic rings. The Morgan fingerprint density at radius 2 is 1.60 bits per heavy atom. The lowest BCUT2D eigenvalue weighted by Crippen LogP contribution is -2.59. The summed E-state index contributed by atoms with van der Waals surface area (Å²) >= 11 is 0. The van der Waals surface area contributed by atoms with Gasteiger partial charge in [0, 0.05) is 18.6 Å². The first-order valence-corrected chi connectivity index (χ1v) is 18.8. The lowest BCUT2D eigenvalue weighted by Gasteiger charge is -2.34. The normalized spacial score (nSPS) is 16.0. The summed E-state index contributed by atoms with van der Waals surface area (Å²) in [6, 6.07) is 22.0. The summed E-state index contributed by atoms with van der Waals surface area (Å²) < 4.78 is 34.3. The number of nitrogens with zero attached hydrogens (tertiary/aromatic N) is 1. The molecule has 1 fully saturated rings. The van der Waals surface area contributed by atoms with Crippen LogP contribution in [0.4, 0.5) is 0 Å². The summed E-state index contributed by atoms with van der Waals surface area (Å²) in [5.41, 5.74) is 1.84. The molecule has 0 aromatic heterocycles. The Bertz CT molecular complexity index is 1690. The Hall–Kier alpha value is -3.77. The van der Waals surface area contributed by atoms with Crippen LogP contribution in [0.1, 0.15) is 64.2 Å². The molecule has 0 heterocycles. The van der Waals surface area contributed by atoms with Crippen LogP contribution in [-0.4, -0.2) is 74.6 Å². The number of hydrogen-bond acceptors (Lipinski definition) is 7. The molecule has 0 bridgehead atoms. The van der Waals surface area contributed by atoms with E-state index in [1.165, 1.54) is 4.31 Å². The summed E-state index contributed by atoms with van der Waals surface area (Å²) in [4.78, 5) is 27.5. The standard InChI is InChI=1S/C39H54N4O6S/c1-27(2)25-43(50(47,48)32-18-16-28(3)17-19-32)26-34(44)33(22-29-12-9-8-10-13-29)41-37(46)36(38(4,5)6)42-35(45)24-40-39(20-21-39)30-14-11-15-31(23-30)49-7/h8-19,23,27,33-34,36,40,44H,20-22,24-26H2,1-7H3,(H,41,46)(H,42,45). The van der Waals surface area contributed by atoms with Crippen molar-refractivity contribution in [2.45, 2.75) is 89.4 Å². The first-order valence-electron chi connectivity index (χ1n) is 17.3. The predicted octanol–water partition coefficient (Wildman–Crippen LogP) is 4.55. The minimum atomic E-state index is -3.95. The number of carbonyl (C=O) groups is 2. The zero-order valence-corrected chi connectivity index (χ0v) is 31.2. The SMILES string of the molecule is COc1cccc(C2(NCC(=O)NC(C(=O)NC(Cc3ccccc3)C(O)CN(CC(C)C)S(=O)(=O)c3ccc(C)cc3)C(C)(C)C)CC2)c1. The second kappa shape index (κ2) is 16.5. The largest absolute Gasteiger partial charge is 0.497 e. The van der Waals surface area contributed by atoms with Crippen molar-refractivity contribution in [1.82, 2.24) is 20.3 Å². The molecule has 272 valence electrons. The topological polar surface area (TPSA) is 137 Å². The van der Waals surface area contributed by atoms with Crippen LogP contribution in [0.2, 0.25) is 0 Å². The first kappa shape index (κ1) is 39.0. The summed E-state index contributed by atoms with van der Waals surface area (Å²) in [6.07, 6.45) is 0.754. The van der Waals surface area contributed by atoms with Crippen molar-refractivity contribution >= 4 is 21.8 Å². The molecule has 2 amide bonds. The molecule has 11 heteroatoms. The molecule has 0 saturated heterocycles. The second-order valence-electron chi connectivity index (χ2n) is 14.9. The van der Waals surface area contributed by atoms with Crippen LogP contribution in [0.15, 0.2) is 83.8 Å². The summed E-state index contributed by atoms with van der Waals surface area (Å²) in [5, 5.41) is 21.0. The number of hydrogen-bond donors (Lipinski definition) is 4. The van der Waals surface area contributed by atoms with E-state index in [0.717, 1.165) is 35.3 Å². The van der Waals surface area contributed by atoms with E-state index < -0.39 is 39.5 Å². The molecular weight excluding hydrogens is 653 g/mol. The van der Waals surface area contributed by atoms with Crippen LogP contribution in [0.3, 0.4) is 0 Å². The quantitative estimate of drug-likeness (QED) is 0.162. The molecule has 1 aliphatic carbocycles. The van der Waals surface area contributed by atoms with E-state index in [-0.39, 0.29) is 48.3 Å². The Balaban J connectivity index is 1.52. The molecule has 1 aliphatic rings. The van der Waals surface area contributed by atoms with Crippen LogP contribution < -0.4 is 20.7 Å². The molecule has 3 atom stereocenters. The second-order valence-corrected chi connectivity index (χ2v) is 16.9. The lowest BCUT2D eigenvalue weighted by atomic mass is 9.85. The van der Waals surface area contributed by atoms with E-state index >= 15 is 0 Å². The highest BCUT2D eigenvalue weighted by Gasteiger charge is 2.45. The van der Waals surface area contributed by atoms with Crippen LogP contribution in [0, 0.1) is 18.3 Å². The molecule has 0 spiro atoms. The van der Waals surface area contributed by atoms with Gasteiger partial charge in [-0.05, 0) is 72.9 Å². The smallest absolute Gasteiger partial charge is 0.243 e. The Labute approximate surface area is 298 Å². The minimum Gasteiger partial charge on any atom is -0.497 e. The van der Waals surface area contributed by atoms with Gasteiger partial charge in [-0.25, -0.2) is 8.42 Å². The molecular formula is C39H54N4O6S. The van der Waals surface area contributed by atoms with E-state index in [4.69, 9.17) is 4.74 Å². The molecule has 3 unspecified atom stereocenters. The number of rotatable bonds is 17. The third-order valence-electron chi connectivity index (χ3n) is 9.10. The number of methoxy groups -OCH3 is 1. The Kier molecular flexibility index (Phi) is 12.9. The molecule has 0 aliphatic heterocycles. The molecule has 4 N–H and O–H groups in total. The zero-order valence-electron chi connectivity index (χ0n) is 30.4. The Morgan fingerprint density at radius 1 is 0.940 bits per heavy atom. The molecule has 3 aromatic carbocycles. The maximum atomic E-state index is 14.0. The van der Waals surface area contributed by atoms with Crippen LogP contribution in [-0.2, 0) is 31.6 Å². The monoisotopic (exact) mass is 706 g/mol. The maximum Gasteiger partial charge on any atom is 0.243 e. The highest BCUT2D eigenvalue weighted by Crippen LogP contribution is 2.46. The van der Waals surface area contributed by atoms with E-state index in [2.05, 4.69) is 16.0 Å². The third kappa shape index (κ3) is 10.4. The molecule has 50 heavy (non-hydrogen) atoms. The number of carbonyl (C=O) groups excluding carboxylic acids is 2. The van der Waals surface area contributed by atoms with Gasteiger partial charge in [0.05, 0.1) is 30.7 Å². The summed E-state index contributed by atoms with van der Waals surface area (Å²) in [6.45, 7) is 11.3. The molecule has 10 nitrogen and oxygen atoms in total. The van der Waals surface area contributed by atoms with E-state index in [9.17, 15) is 23.1 Å². The van der Waals surface area contributed by atoms with Gasteiger partial charge in [0.15, 0.2) is 0 Å². The van der Waals surface area contributed by atoms with Crippen LogP contribution in [0.5, 0.6) is 5.75 Å². The average molecular weight is 707 g/mol. The van der Waals surface area contributed by atoms with Gasteiger partial charge >= 0.3 is 0 Å². The third-order valence-corrected chi connectivity index (χ3v) is 10.9. The van der Waals surface area contributed by atoms with Gasteiger partial charge in [-0.3, -0.25) is 14.9 Å². The average Bonchev–Trinajstić information content (AvgIpc) is 3.87. The van der Waals surface area contributed by atoms with Crippen molar-refractivity contribution < 1.29 is 27.9 Å². The van der Waals surface area contributed by atoms with Crippen molar-refractivity contribution in [1.29, 1.82) is 0 Å². The molecule has 1 saturated carbocycles. The number of ether oxygens (including phenoxy) is 1. The summed E-state index contributed by atoms with van der Waals surface area (Å²) in [7, 11) is -2.33. The minimum absolute atomic E-state index is 0.00811. The highest BCUT2D eigenvalue weighted by atomic mass is 32.2.